The highest BCUT2D eigenvalue weighted by Crippen LogP contribution is 2.25. The molecule has 1 N–H and O–H groups in total. The van der Waals surface area contributed by atoms with Gasteiger partial charge in [-0.1, -0.05) is 24.3 Å². The average Bonchev–Trinajstić information content (AvgIpc) is 2.28. The van der Waals surface area contributed by atoms with Gasteiger partial charge in [0.15, 0.2) is 0 Å². The highest BCUT2D eigenvalue weighted by molar-refractivity contribution is 5.70. The molecule has 0 heterocycles. The molecule has 0 atom stereocenters. The molecule has 0 radical (unpaired) electrons. The number of rotatable bonds is 5. The number of hydrogen-bond acceptors (Lipinski definition) is 2. The maximum atomic E-state index is 10.4. The summed E-state index contributed by atoms with van der Waals surface area (Å²) in [6, 6.07) is 7.70. The van der Waals surface area contributed by atoms with Crippen molar-refractivity contribution in [3.63, 3.8) is 0 Å². The second-order valence-electron chi connectivity index (χ2n) is 3.52. The van der Waals surface area contributed by atoms with Crippen molar-refractivity contribution in [2.75, 3.05) is 7.11 Å². The summed E-state index contributed by atoms with van der Waals surface area (Å²) in [5.41, 5.74) is 2.05. The monoisotopic (exact) mass is 220 g/mol. The van der Waals surface area contributed by atoms with Crippen LogP contribution in [0.4, 0.5) is 0 Å². The minimum Gasteiger partial charge on any atom is -0.496 e. The molecule has 0 spiro atoms. The summed E-state index contributed by atoms with van der Waals surface area (Å²) < 4.78 is 5.24. The summed E-state index contributed by atoms with van der Waals surface area (Å²) in [4.78, 5) is 10.4. The molecule has 0 saturated heterocycles. The summed E-state index contributed by atoms with van der Waals surface area (Å²) in [7, 11) is 1.63. The molecule has 3 nitrogen and oxygen atoms in total. The highest BCUT2D eigenvalue weighted by Gasteiger charge is 2.03. The molecule has 1 rings (SSSR count). The van der Waals surface area contributed by atoms with Crippen LogP contribution in [0.15, 0.2) is 30.3 Å². The van der Waals surface area contributed by atoms with Crippen LogP contribution in [0, 0.1) is 0 Å². The van der Waals surface area contributed by atoms with Gasteiger partial charge in [0.2, 0.25) is 0 Å². The van der Waals surface area contributed by atoms with Crippen LogP contribution in [-0.4, -0.2) is 18.2 Å². The number of carbonyl (C=O) groups is 1. The maximum Gasteiger partial charge on any atom is 0.303 e. The largest absolute Gasteiger partial charge is 0.496 e. The first-order valence-electron chi connectivity index (χ1n) is 5.17. The van der Waals surface area contributed by atoms with Crippen molar-refractivity contribution in [1.82, 2.24) is 0 Å². The Bertz CT molecular complexity index is 394. The zero-order chi connectivity index (χ0) is 12.0. The first kappa shape index (κ1) is 12.3. The van der Waals surface area contributed by atoms with Crippen molar-refractivity contribution in [3.05, 3.63) is 35.9 Å². The van der Waals surface area contributed by atoms with Crippen molar-refractivity contribution in [2.45, 2.75) is 19.8 Å². The molecule has 1 aromatic carbocycles. The first-order valence-corrected chi connectivity index (χ1v) is 5.17. The van der Waals surface area contributed by atoms with Crippen molar-refractivity contribution in [3.8, 4) is 5.75 Å². The molecule has 0 fully saturated rings. The molecule has 86 valence electrons. The molecule has 0 saturated carbocycles. The average molecular weight is 220 g/mol. The molecule has 3 heteroatoms. The Morgan fingerprint density at radius 1 is 1.44 bits per heavy atom. The van der Waals surface area contributed by atoms with Crippen LogP contribution in [0.25, 0.3) is 5.57 Å². The minimum atomic E-state index is -0.774. The van der Waals surface area contributed by atoms with E-state index in [1.807, 2.05) is 37.3 Å². The lowest BCUT2D eigenvalue weighted by atomic mass is 10.0. The zero-order valence-electron chi connectivity index (χ0n) is 9.56. The molecule has 0 amide bonds. The van der Waals surface area contributed by atoms with Gasteiger partial charge in [-0.25, -0.2) is 0 Å². The van der Waals surface area contributed by atoms with E-state index in [2.05, 4.69) is 0 Å². The van der Waals surface area contributed by atoms with E-state index < -0.39 is 5.97 Å². The standard InChI is InChI=1S/C13H16O3/c1-10(6-5-9-13(14)15)11-7-3-4-8-12(11)16-2/h3-4,6-8H,5,9H2,1-2H3,(H,14,15)/b10-6+. The van der Waals surface area contributed by atoms with Crippen LogP contribution < -0.4 is 4.74 Å². The smallest absolute Gasteiger partial charge is 0.303 e. The predicted molar refractivity (Wildman–Crippen MR) is 63.5 cm³/mol. The molecular formula is C13H16O3. The van der Waals surface area contributed by atoms with E-state index in [-0.39, 0.29) is 6.42 Å². The van der Waals surface area contributed by atoms with Gasteiger partial charge in [-0.2, -0.15) is 0 Å². The number of methoxy groups -OCH3 is 1. The number of carboxylic acid groups (broad SMARTS) is 1. The van der Waals surface area contributed by atoms with Gasteiger partial charge in [-0.05, 0) is 25.0 Å². The predicted octanol–water partition coefficient (Wildman–Crippen LogP) is 2.96. The Kier molecular flexibility index (Phi) is 4.58. The molecule has 16 heavy (non-hydrogen) atoms. The Hall–Kier alpha value is -1.77. The lowest BCUT2D eigenvalue weighted by Crippen LogP contribution is -1.93. The fourth-order valence-electron chi connectivity index (χ4n) is 1.49. The van der Waals surface area contributed by atoms with Crippen LogP contribution in [0.2, 0.25) is 0 Å². The lowest BCUT2D eigenvalue weighted by Gasteiger charge is -2.08. The quantitative estimate of drug-likeness (QED) is 0.829. The van der Waals surface area contributed by atoms with Gasteiger partial charge in [-0.15, -0.1) is 0 Å². The third kappa shape index (κ3) is 3.42. The van der Waals surface area contributed by atoms with Crippen LogP contribution in [0.5, 0.6) is 5.75 Å². The van der Waals surface area contributed by atoms with Gasteiger partial charge in [0.05, 0.1) is 7.11 Å². The van der Waals surface area contributed by atoms with Gasteiger partial charge < -0.3 is 9.84 Å². The summed E-state index contributed by atoms with van der Waals surface area (Å²) in [6.07, 6.45) is 2.62. The number of carboxylic acids is 1. The van der Waals surface area contributed by atoms with Crippen molar-refractivity contribution in [2.24, 2.45) is 0 Å². The van der Waals surface area contributed by atoms with E-state index in [4.69, 9.17) is 9.84 Å². The number of allylic oxidation sites excluding steroid dienone is 2. The van der Waals surface area contributed by atoms with Gasteiger partial charge in [0.1, 0.15) is 5.75 Å². The Morgan fingerprint density at radius 2 is 2.12 bits per heavy atom. The van der Waals surface area contributed by atoms with E-state index in [1.165, 1.54) is 0 Å². The number of para-hydroxylation sites is 1. The van der Waals surface area contributed by atoms with Crippen LogP contribution in [-0.2, 0) is 4.79 Å². The number of aliphatic carboxylic acids is 1. The molecule has 0 aliphatic rings. The van der Waals surface area contributed by atoms with Gasteiger partial charge >= 0.3 is 5.97 Å². The van der Waals surface area contributed by atoms with Gasteiger partial charge in [0.25, 0.3) is 0 Å². The summed E-state index contributed by atoms with van der Waals surface area (Å²) in [6.45, 7) is 1.96. The molecule has 1 aromatic rings. The van der Waals surface area contributed by atoms with Gasteiger partial charge in [-0.3, -0.25) is 4.79 Å². The van der Waals surface area contributed by atoms with E-state index in [0.29, 0.717) is 6.42 Å². The van der Waals surface area contributed by atoms with E-state index in [0.717, 1.165) is 16.9 Å². The van der Waals surface area contributed by atoms with E-state index in [1.54, 1.807) is 7.11 Å². The topological polar surface area (TPSA) is 46.5 Å². The van der Waals surface area contributed by atoms with Crippen molar-refractivity contribution >= 4 is 11.5 Å². The van der Waals surface area contributed by atoms with Crippen molar-refractivity contribution in [1.29, 1.82) is 0 Å². The number of ether oxygens (including phenoxy) is 1. The Labute approximate surface area is 95.4 Å². The van der Waals surface area contributed by atoms with Crippen LogP contribution in [0.3, 0.4) is 0 Å². The fourth-order valence-corrected chi connectivity index (χ4v) is 1.49. The number of benzene rings is 1. The normalized spacial score (nSPS) is 11.2. The fraction of sp³-hybridized carbons (Fsp3) is 0.308. The second-order valence-corrected chi connectivity index (χ2v) is 3.52. The molecular weight excluding hydrogens is 204 g/mol. The summed E-state index contributed by atoms with van der Waals surface area (Å²) in [5.74, 6) is 0.0376. The summed E-state index contributed by atoms with van der Waals surface area (Å²) in [5, 5.41) is 8.54. The Balaban J connectivity index is 2.78. The van der Waals surface area contributed by atoms with E-state index in [9.17, 15) is 4.79 Å². The van der Waals surface area contributed by atoms with Crippen LogP contribution >= 0.6 is 0 Å². The third-order valence-corrected chi connectivity index (χ3v) is 2.34. The molecule has 0 bridgehead atoms. The Morgan fingerprint density at radius 3 is 2.75 bits per heavy atom. The molecule has 0 unspecified atom stereocenters. The maximum absolute atomic E-state index is 10.4. The van der Waals surface area contributed by atoms with Crippen molar-refractivity contribution < 1.29 is 14.6 Å². The number of hydrogen-bond donors (Lipinski definition) is 1. The highest BCUT2D eigenvalue weighted by atomic mass is 16.5. The molecule has 0 aromatic heterocycles. The van der Waals surface area contributed by atoms with Gasteiger partial charge in [0, 0.05) is 12.0 Å². The molecule has 0 aliphatic heterocycles. The molecule has 0 aliphatic carbocycles. The second kappa shape index (κ2) is 5.95. The SMILES string of the molecule is COc1ccccc1/C(C)=C/CCC(=O)O. The summed E-state index contributed by atoms with van der Waals surface area (Å²) >= 11 is 0. The third-order valence-electron chi connectivity index (χ3n) is 2.34. The van der Waals surface area contributed by atoms with Crippen LogP contribution in [0.1, 0.15) is 25.3 Å². The first-order chi connectivity index (χ1) is 7.65. The van der Waals surface area contributed by atoms with E-state index >= 15 is 0 Å². The zero-order valence-corrected chi connectivity index (χ0v) is 9.56. The lowest BCUT2D eigenvalue weighted by molar-refractivity contribution is -0.136. The minimum absolute atomic E-state index is 0.159.